The van der Waals surface area contributed by atoms with Gasteiger partial charge in [-0.05, 0) is 44.0 Å². The summed E-state index contributed by atoms with van der Waals surface area (Å²) in [5, 5.41) is 8.00. The zero-order chi connectivity index (χ0) is 25.6. The first kappa shape index (κ1) is 27.4. The SMILES string of the molecule is CCC(=O)CCCCCC(NC(=O)CNC(=O)c1ccccc1)C(=O)Nc1cccc(C(C)=O)c1. The van der Waals surface area contributed by atoms with Crippen molar-refractivity contribution in [3.63, 3.8) is 0 Å². The van der Waals surface area contributed by atoms with Crippen LogP contribution in [0, 0.1) is 0 Å². The molecule has 0 saturated heterocycles. The summed E-state index contributed by atoms with van der Waals surface area (Å²) >= 11 is 0. The zero-order valence-corrected chi connectivity index (χ0v) is 20.3. The largest absolute Gasteiger partial charge is 0.343 e. The van der Waals surface area contributed by atoms with Gasteiger partial charge in [-0.3, -0.25) is 24.0 Å². The fraction of sp³-hybridized carbons (Fsp3) is 0.370. The molecule has 8 nitrogen and oxygen atoms in total. The number of rotatable bonds is 14. The Hall–Kier alpha value is -3.81. The molecule has 0 bridgehead atoms. The summed E-state index contributed by atoms with van der Waals surface area (Å²) in [5.74, 6) is -1.22. The van der Waals surface area contributed by atoms with Crippen LogP contribution in [0.25, 0.3) is 0 Å². The van der Waals surface area contributed by atoms with Crippen molar-refractivity contribution < 1.29 is 24.0 Å². The average Bonchev–Trinajstić information content (AvgIpc) is 2.86. The molecule has 3 amide bonds. The van der Waals surface area contributed by atoms with Crippen LogP contribution in [-0.2, 0) is 14.4 Å². The maximum absolute atomic E-state index is 13.0. The molecule has 0 aromatic heterocycles. The lowest BCUT2D eigenvalue weighted by molar-refractivity contribution is -0.126. The Morgan fingerprint density at radius 1 is 0.857 bits per heavy atom. The van der Waals surface area contributed by atoms with E-state index in [0.29, 0.717) is 42.5 Å². The summed E-state index contributed by atoms with van der Waals surface area (Å²) in [7, 11) is 0. The highest BCUT2D eigenvalue weighted by molar-refractivity contribution is 6.00. The Bertz CT molecular complexity index is 1040. The molecule has 0 aliphatic carbocycles. The van der Waals surface area contributed by atoms with Crippen molar-refractivity contribution in [2.24, 2.45) is 0 Å². The van der Waals surface area contributed by atoms with Crippen LogP contribution in [0.3, 0.4) is 0 Å². The molecule has 35 heavy (non-hydrogen) atoms. The molecule has 0 radical (unpaired) electrons. The second-order valence-electron chi connectivity index (χ2n) is 8.29. The van der Waals surface area contributed by atoms with Crippen molar-refractivity contribution >= 4 is 35.0 Å². The van der Waals surface area contributed by atoms with Gasteiger partial charge < -0.3 is 16.0 Å². The van der Waals surface area contributed by atoms with Crippen molar-refractivity contribution in [1.29, 1.82) is 0 Å². The van der Waals surface area contributed by atoms with Crippen molar-refractivity contribution in [3.05, 3.63) is 65.7 Å². The molecule has 0 fully saturated rings. The lowest BCUT2D eigenvalue weighted by Gasteiger charge is -2.19. The van der Waals surface area contributed by atoms with Gasteiger partial charge in [-0.1, -0.05) is 50.1 Å². The number of anilines is 1. The topological polar surface area (TPSA) is 121 Å². The maximum Gasteiger partial charge on any atom is 0.251 e. The van der Waals surface area contributed by atoms with Crippen LogP contribution < -0.4 is 16.0 Å². The molecule has 3 N–H and O–H groups in total. The first-order valence-electron chi connectivity index (χ1n) is 11.9. The van der Waals surface area contributed by atoms with E-state index in [1.54, 1.807) is 54.6 Å². The van der Waals surface area contributed by atoms with E-state index in [9.17, 15) is 24.0 Å². The second kappa shape index (κ2) is 14.5. The van der Waals surface area contributed by atoms with Crippen LogP contribution in [0.1, 0.15) is 73.1 Å². The Kier molecular flexibility index (Phi) is 11.3. The standard InChI is InChI=1S/C27H33N3O5/c1-3-23(32)15-8-5-9-16-24(27(35)29-22-14-10-13-21(17-22)19(2)31)30-25(33)18-28-26(34)20-11-6-4-7-12-20/h4,6-7,10-14,17,24H,3,5,8-9,15-16,18H2,1-2H3,(H,28,34)(H,29,35)(H,30,33). The number of carbonyl (C=O) groups is 5. The highest BCUT2D eigenvalue weighted by Crippen LogP contribution is 2.14. The maximum atomic E-state index is 13.0. The first-order valence-corrected chi connectivity index (χ1v) is 11.9. The van der Waals surface area contributed by atoms with E-state index in [1.165, 1.54) is 6.92 Å². The van der Waals surface area contributed by atoms with Crippen LogP contribution in [0.2, 0.25) is 0 Å². The van der Waals surface area contributed by atoms with Gasteiger partial charge in [-0.2, -0.15) is 0 Å². The van der Waals surface area contributed by atoms with Gasteiger partial charge >= 0.3 is 0 Å². The summed E-state index contributed by atoms with van der Waals surface area (Å²) < 4.78 is 0. The van der Waals surface area contributed by atoms with E-state index in [0.717, 1.165) is 12.8 Å². The van der Waals surface area contributed by atoms with E-state index in [1.807, 2.05) is 6.92 Å². The van der Waals surface area contributed by atoms with E-state index in [4.69, 9.17) is 0 Å². The van der Waals surface area contributed by atoms with Gasteiger partial charge in [-0.25, -0.2) is 0 Å². The van der Waals surface area contributed by atoms with Crippen molar-refractivity contribution in [2.45, 2.75) is 58.4 Å². The highest BCUT2D eigenvalue weighted by atomic mass is 16.2. The number of nitrogens with one attached hydrogen (secondary N) is 3. The molecule has 0 spiro atoms. The molecule has 186 valence electrons. The van der Waals surface area contributed by atoms with Gasteiger partial charge in [0.2, 0.25) is 11.8 Å². The highest BCUT2D eigenvalue weighted by Gasteiger charge is 2.21. The third-order valence-corrected chi connectivity index (χ3v) is 5.48. The van der Waals surface area contributed by atoms with Crippen LogP contribution in [0.5, 0.6) is 0 Å². The zero-order valence-electron chi connectivity index (χ0n) is 20.3. The van der Waals surface area contributed by atoms with E-state index >= 15 is 0 Å². The van der Waals surface area contributed by atoms with Crippen molar-refractivity contribution in [2.75, 3.05) is 11.9 Å². The lowest BCUT2D eigenvalue weighted by atomic mass is 10.0. The van der Waals surface area contributed by atoms with Crippen LogP contribution in [0.15, 0.2) is 54.6 Å². The predicted octanol–water partition coefficient (Wildman–Crippen LogP) is 3.67. The quantitative estimate of drug-likeness (QED) is 0.282. The fourth-order valence-corrected chi connectivity index (χ4v) is 3.44. The summed E-state index contributed by atoms with van der Waals surface area (Å²) in [6.07, 6.45) is 3.49. The van der Waals surface area contributed by atoms with Gasteiger partial charge in [0.15, 0.2) is 5.78 Å². The van der Waals surface area contributed by atoms with E-state index < -0.39 is 17.9 Å². The van der Waals surface area contributed by atoms with Crippen LogP contribution in [0.4, 0.5) is 5.69 Å². The Labute approximate surface area is 205 Å². The number of carbonyl (C=O) groups excluding carboxylic acids is 5. The van der Waals surface area contributed by atoms with Crippen molar-refractivity contribution in [3.8, 4) is 0 Å². The monoisotopic (exact) mass is 479 g/mol. The van der Waals surface area contributed by atoms with E-state index in [2.05, 4.69) is 16.0 Å². The normalized spacial score (nSPS) is 11.3. The van der Waals surface area contributed by atoms with E-state index in [-0.39, 0.29) is 24.0 Å². The van der Waals surface area contributed by atoms with Crippen LogP contribution >= 0.6 is 0 Å². The Balaban J connectivity index is 1.97. The number of Topliss-reactive ketones (excluding diaryl/α,β-unsaturated/α-hetero) is 2. The summed E-state index contributed by atoms with van der Waals surface area (Å²) in [6.45, 7) is 3.00. The minimum Gasteiger partial charge on any atom is -0.343 e. The first-order chi connectivity index (χ1) is 16.8. The molecule has 1 unspecified atom stereocenters. The third kappa shape index (κ3) is 9.92. The molecule has 8 heteroatoms. The fourth-order valence-electron chi connectivity index (χ4n) is 3.44. The molecule has 2 rings (SSSR count). The number of hydrogen-bond donors (Lipinski definition) is 3. The predicted molar refractivity (Wildman–Crippen MR) is 134 cm³/mol. The van der Waals surface area contributed by atoms with Crippen LogP contribution in [-0.4, -0.2) is 41.9 Å². The summed E-state index contributed by atoms with van der Waals surface area (Å²) in [4.78, 5) is 60.8. The number of hydrogen-bond acceptors (Lipinski definition) is 5. The molecule has 2 aromatic carbocycles. The number of unbranched alkanes of at least 4 members (excludes halogenated alkanes) is 2. The molecule has 1 atom stereocenters. The smallest absolute Gasteiger partial charge is 0.251 e. The summed E-state index contributed by atoms with van der Waals surface area (Å²) in [5.41, 5.74) is 1.35. The second-order valence-corrected chi connectivity index (χ2v) is 8.29. The lowest BCUT2D eigenvalue weighted by Crippen LogP contribution is -2.47. The molecule has 0 aliphatic heterocycles. The number of amides is 3. The molecular weight excluding hydrogens is 446 g/mol. The van der Waals surface area contributed by atoms with Gasteiger partial charge in [0.1, 0.15) is 11.8 Å². The molecule has 0 heterocycles. The molecule has 0 aliphatic rings. The van der Waals surface area contributed by atoms with Crippen molar-refractivity contribution in [1.82, 2.24) is 10.6 Å². The van der Waals surface area contributed by atoms with Gasteiger partial charge in [0, 0.05) is 29.7 Å². The average molecular weight is 480 g/mol. The van der Waals surface area contributed by atoms with Gasteiger partial charge in [0.05, 0.1) is 6.54 Å². The molecule has 0 saturated carbocycles. The number of ketones is 2. The summed E-state index contributed by atoms with van der Waals surface area (Å²) in [6, 6.07) is 14.3. The van der Waals surface area contributed by atoms with Gasteiger partial charge in [-0.15, -0.1) is 0 Å². The Morgan fingerprint density at radius 3 is 2.26 bits per heavy atom. The minimum absolute atomic E-state index is 0.123. The molecular formula is C27H33N3O5. The third-order valence-electron chi connectivity index (χ3n) is 5.48. The minimum atomic E-state index is -0.834. The van der Waals surface area contributed by atoms with Gasteiger partial charge in [0.25, 0.3) is 5.91 Å². The Morgan fingerprint density at radius 2 is 1.57 bits per heavy atom. The number of benzene rings is 2. The molecule has 2 aromatic rings.